The maximum atomic E-state index is 11.8. The molecule has 72 valence electrons. The van der Waals surface area contributed by atoms with Gasteiger partial charge in [-0.15, -0.1) is 11.6 Å². The highest BCUT2D eigenvalue weighted by Crippen LogP contribution is 2.57. The molecule has 0 spiro atoms. The fourth-order valence-electron chi connectivity index (χ4n) is 1.54. The second-order valence-electron chi connectivity index (χ2n) is 3.72. The normalized spacial score (nSPS) is 35.2. The highest BCUT2D eigenvalue weighted by atomic mass is 35.5. The van der Waals surface area contributed by atoms with Crippen molar-refractivity contribution in [2.45, 2.75) is 32.4 Å². The third-order valence-corrected chi connectivity index (χ3v) is 3.30. The van der Waals surface area contributed by atoms with Crippen LogP contribution in [0.15, 0.2) is 0 Å². The van der Waals surface area contributed by atoms with Crippen LogP contribution in [0.1, 0.15) is 26.2 Å². The first-order valence-corrected chi connectivity index (χ1v) is 4.56. The minimum absolute atomic E-state index is 0.196. The zero-order valence-electron chi connectivity index (χ0n) is 6.92. The van der Waals surface area contributed by atoms with Crippen LogP contribution in [-0.4, -0.2) is 12.1 Å². The summed E-state index contributed by atoms with van der Waals surface area (Å²) in [5, 5.41) is 0. The van der Waals surface area contributed by atoms with E-state index in [1.807, 2.05) is 6.92 Å². The minimum atomic E-state index is -4.03. The standard InChI is InChI=1S/C8H12ClF3/c1-6-4-7(6,5-9)2-3-8(10,11)12/h6H,2-5H2,1H3. The molecule has 0 N–H and O–H groups in total. The first kappa shape index (κ1) is 10.2. The van der Waals surface area contributed by atoms with Crippen LogP contribution in [0, 0.1) is 11.3 Å². The van der Waals surface area contributed by atoms with Gasteiger partial charge in [0.25, 0.3) is 0 Å². The molecule has 4 heteroatoms. The Balaban J connectivity index is 2.32. The molecule has 0 radical (unpaired) electrons. The third-order valence-electron chi connectivity index (χ3n) is 2.77. The molecule has 2 unspecified atom stereocenters. The summed E-state index contributed by atoms with van der Waals surface area (Å²) in [5.74, 6) is 0.738. The van der Waals surface area contributed by atoms with Gasteiger partial charge in [-0.05, 0) is 24.2 Å². The molecular formula is C8H12ClF3. The predicted octanol–water partition coefficient (Wildman–Crippen LogP) is 3.59. The van der Waals surface area contributed by atoms with Crippen LogP contribution in [0.25, 0.3) is 0 Å². The molecule has 1 fully saturated rings. The molecular weight excluding hydrogens is 189 g/mol. The van der Waals surface area contributed by atoms with Gasteiger partial charge in [-0.3, -0.25) is 0 Å². The van der Waals surface area contributed by atoms with Gasteiger partial charge in [0, 0.05) is 12.3 Å². The van der Waals surface area contributed by atoms with Gasteiger partial charge < -0.3 is 0 Å². The Morgan fingerprint density at radius 3 is 2.25 bits per heavy atom. The third kappa shape index (κ3) is 2.28. The van der Waals surface area contributed by atoms with E-state index in [2.05, 4.69) is 0 Å². The molecule has 2 atom stereocenters. The minimum Gasteiger partial charge on any atom is -0.171 e. The van der Waals surface area contributed by atoms with E-state index in [1.54, 1.807) is 0 Å². The molecule has 0 nitrogen and oxygen atoms in total. The summed E-state index contributed by atoms with van der Waals surface area (Å²) < 4.78 is 35.5. The fraction of sp³-hybridized carbons (Fsp3) is 1.00. The summed E-state index contributed by atoms with van der Waals surface area (Å²) in [6.07, 6.45) is -3.67. The van der Waals surface area contributed by atoms with Crippen molar-refractivity contribution in [3.63, 3.8) is 0 Å². The monoisotopic (exact) mass is 200 g/mol. The lowest BCUT2D eigenvalue weighted by molar-refractivity contribution is -0.138. The van der Waals surface area contributed by atoms with Crippen molar-refractivity contribution in [3.05, 3.63) is 0 Å². The molecule has 0 aliphatic heterocycles. The lowest BCUT2D eigenvalue weighted by atomic mass is 10.00. The average molecular weight is 201 g/mol. The number of hydrogen-bond donors (Lipinski definition) is 0. The van der Waals surface area contributed by atoms with E-state index < -0.39 is 12.6 Å². The molecule has 1 rings (SSSR count). The zero-order valence-corrected chi connectivity index (χ0v) is 7.67. The molecule has 0 saturated heterocycles. The summed E-state index contributed by atoms with van der Waals surface area (Å²) in [5.41, 5.74) is -0.197. The molecule has 1 aliphatic carbocycles. The summed E-state index contributed by atoms with van der Waals surface area (Å²) in [7, 11) is 0. The van der Waals surface area contributed by atoms with E-state index in [-0.39, 0.29) is 11.8 Å². The predicted molar refractivity (Wildman–Crippen MR) is 42.2 cm³/mol. The second-order valence-corrected chi connectivity index (χ2v) is 3.98. The van der Waals surface area contributed by atoms with E-state index in [4.69, 9.17) is 11.6 Å². The Bertz CT molecular complexity index is 162. The first-order valence-electron chi connectivity index (χ1n) is 4.02. The molecule has 0 aromatic carbocycles. The average Bonchev–Trinajstić information content (AvgIpc) is 2.57. The zero-order chi connectivity index (χ0) is 9.41. The highest BCUT2D eigenvalue weighted by molar-refractivity contribution is 6.18. The summed E-state index contributed by atoms with van der Waals surface area (Å²) in [6.45, 7) is 1.96. The Hall–Kier alpha value is 0.0800. The van der Waals surface area contributed by atoms with E-state index >= 15 is 0 Å². The van der Waals surface area contributed by atoms with Crippen molar-refractivity contribution in [3.8, 4) is 0 Å². The van der Waals surface area contributed by atoms with Gasteiger partial charge in [-0.1, -0.05) is 6.92 Å². The Morgan fingerprint density at radius 2 is 2.00 bits per heavy atom. The van der Waals surface area contributed by atoms with Gasteiger partial charge in [0.1, 0.15) is 0 Å². The number of rotatable bonds is 3. The van der Waals surface area contributed by atoms with Crippen LogP contribution in [0.3, 0.4) is 0 Å². The first-order chi connectivity index (χ1) is 5.40. The van der Waals surface area contributed by atoms with Crippen LogP contribution < -0.4 is 0 Å². The van der Waals surface area contributed by atoms with Gasteiger partial charge >= 0.3 is 6.18 Å². The van der Waals surface area contributed by atoms with Gasteiger partial charge in [-0.25, -0.2) is 0 Å². The van der Waals surface area contributed by atoms with Crippen molar-refractivity contribution in [1.29, 1.82) is 0 Å². The van der Waals surface area contributed by atoms with E-state index in [1.165, 1.54) is 0 Å². The second kappa shape index (κ2) is 3.09. The maximum absolute atomic E-state index is 11.8. The Kier molecular flexibility index (Phi) is 2.62. The van der Waals surface area contributed by atoms with Crippen molar-refractivity contribution < 1.29 is 13.2 Å². The SMILES string of the molecule is CC1CC1(CCl)CCC(F)(F)F. The number of alkyl halides is 4. The summed E-state index contributed by atoms with van der Waals surface area (Å²) >= 11 is 5.61. The van der Waals surface area contributed by atoms with Crippen LogP contribution in [0.5, 0.6) is 0 Å². The van der Waals surface area contributed by atoms with Crippen molar-refractivity contribution in [1.82, 2.24) is 0 Å². The lowest BCUT2D eigenvalue weighted by Crippen LogP contribution is -2.13. The largest absolute Gasteiger partial charge is 0.389 e. The molecule has 1 saturated carbocycles. The van der Waals surface area contributed by atoms with Gasteiger partial charge in [0.15, 0.2) is 0 Å². The van der Waals surface area contributed by atoms with Crippen molar-refractivity contribution >= 4 is 11.6 Å². The van der Waals surface area contributed by atoms with Gasteiger partial charge in [-0.2, -0.15) is 13.2 Å². The van der Waals surface area contributed by atoms with E-state index in [0.29, 0.717) is 11.8 Å². The quantitative estimate of drug-likeness (QED) is 0.611. The molecule has 1 aliphatic rings. The molecule has 0 aromatic rings. The highest BCUT2D eigenvalue weighted by Gasteiger charge is 2.51. The molecule has 0 aromatic heterocycles. The van der Waals surface area contributed by atoms with Crippen LogP contribution >= 0.6 is 11.6 Å². The van der Waals surface area contributed by atoms with E-state index in [9.17, 15) is 13.2 Å². The lowest BCUT2D eigenvalue weighted by Gasteiger charge is -2.13. The van der Waals surface area contributed by atoms with E-state index in [0.717, 1.165) is 6.42 Å². The topological polar surface area (TPSA) is 0 Å². The van der Waals surface area contributed by atoms with Crippen LogP contribution in [0.4, 0.5) is 13.2 Å². The molecule has 0 amide bonds. The van der Waals surface area contributed by atoms with Gasteiger partial charge in [0.2, 0.25) is 0 Å². The summed E-state index contributed by atoms with van der Waals surface area (Å²) in [4.78, 5) is 0. The van der Waals surface area contributed by atoms with Crippen molar-refractivity contribution in [2.24, 2.45) is 11.3 Å². The number of halogens is 4. The Morgan fingerprint density at radius 1 is 1.50 bits per heavy atom. The Labute approximate surface area is 75.1 Å². The maximum Gasteiger partial charge on any atom is 0.389 e. The fourth-order valence-corrected chi connectivity index (χ4v) is 2.05. The van der Waals surface area contributed by atoms with Crippen molar-refractivity contribution in [2.75, 3.05) is 5.88 Å². The molecule has 0 bridgehead atoms. The molecule has 0 heterocycles. The van der Waals surface area contributed by atoms with Gasteiger partial charge in [0.05, 0.1) is 0 Å². The van der Waals surface area contributed by atoms with Crippen LogP contribution in [-0.2, 0) is 0 Å². The summed E-state index contributed by atoms with van der Waals surface area (Å²) in [6, 6.07) is 0. The van der Waals surface area contributed by atoms with Crippen LogP contribution in [0.2, 0.25) is 0 Å². The number of hydrogen-bond acceptors (Lipinski definition) is 0. The molecule has 12 heavy (non-hydrogen) atoms. The smallest absolute Gasteiger partial charge is 0.171 e.